The smallest absolute Gasteiger partial charge is 0.310 e. The van der Waals surface area contributed by atoms with Crippen LogP contribution in [0.3, 0.4) is 0 Å². The van der Waals surface area contributed by atoms with Gasteiger partial charge >= 0.3 is 5.97 Å². The second kappa shape index (κ2) is 8.74. The first kappa shape index (κ1) is 18.6. The van der Waals surface area contributed by atoms with Crippen molar-refractivity contribution >= 4 is 11.9 Å². The average Bonchev–Trinajstić information content (AvgIpc) is 2.22. The Morgan fingerprint density at radius 3 is 2.35 bits per heavy atom. The highest BCUT2D eigenvalue weighted by Gasteiger charge is 2.22. The Labute approximate surface area is 121 Å². The summed E-state index contributed by atoms with van der Waals surface area (Å²) in [6.45, 7) is 6.35. The van der Waals surface area contributed by atoms with Crippen molar-refractivity contribution in [1.82, 2.24) is 0 Å². The number of carbonyl (C=O) groups is 2. The van der Waals surface area contributed by atoms with Crippen LogP contribution in [0.5, 0.6) is 0 Å². The Morgan fingerprint density at radius 2 is 1.90 bits per heavy atom. The minimum absolute atomic E-state index is 0.153. The van der Waals surface area contributed by atoms with Crippen molar-refractivity contribution in [3.05, 3.63) is 12.2 Å². The largest absolute Gasteiger partial charge is 0.550 e. The molecule has 0 N–H and O–H groups in total. The molecular formula is C15H27NO4. The highest BCUT2D eigenvalue weighted by molar-refractivity contribution is 5.73. The molecule has 0 spiro atoms. The Hall–Kier alpha value is -1.36. The lowest BCUT2D eigenvalue weighted by Crippen LogP contribution is -2.45. The van der Waals surface area contributed by atoms with Gasteiger partial charge in [0.05, 0.1) is 27.6 Å². The van der Waals surface area contributed by atoms with E-state index in [1.54, 1.807) is 0 Å². The summed E-state index contributed by atoms with van der Waals surface area (Å²) in [6, 6.07) is 0. The van der Waals surface area contributed by atoms with E-state index in [1.165, 1.54) is 0 Å². The third kappa shape index (κ3) is 10.6. The van der Waals surface area contributed by atoms with Gasteiger partial charge in [-0.25, -0.2) is 0 Å². The number of hydrogen-bond donors (Lipinski definition) is 0. The zero-order chi connectivity index (χ0) is 15.8. The topological polar surface area (TPSA) is 66.4 Å². The summed E-state index contributed by atoms with van der Waals surface area (Å²) in [4.78, 5) is 22.5. The summed E-state index contributed by atoms with van der Waals surface area (Å²) in [5, 5.41) is 10.7. The number of carbonyl (C=O) groups excluding carboxylic acids is 2. The predicted molar refractivity (Wildman–Crippen MR) is 75.7 cm³/mol. The first-order valence-corrected chi connectivity index (χ1v) is 7.00. The van der Waals surface area contributed by atoms with Gasteiger partial charge in [-0.3, -0.25) is 4.79 Å². The van der Waals surface area contributed by atoms with Crippen LogP contribution in [0.15, 0.2) is 12.2 Å². The van der Waals surface area contributed by atoms with Crippen LogP contribution in [0.25, 0.3) is 0 Å². The van der Waals surface area contributed by atoms with Crippen LogP contribution >= 0.6 is 0 Å². The SMILES string of the molecule is C=C(CCCC)CC(=O)OC(CC(=O)[O-])C[N+](C)(C)C. The van der Waals surface area contributed by atoms with E-state index in [0.717, 1.165) is 24.8 Å². The Morgan fingerprint density at radius 1 is 1.30 bits per heavy atom. The van der Waals surface area contributed by atoms with Crippen LogP contribution in [0.1, 0.15) is 39.0 Å². The molecule has 116 valence electrons. The summed E-state index contributed by atoms with van der Waals surface area (Å²) in [6.07, 6.45) is 2.05. The standard InChI is InChI=1S/C15H27NO4/c1-6-7-8-12(2)9-15(19)20-13(10-14(17)18)11-16(3,4)5/h13H,2,6-11H2,1,3-5H3. The van der Waals surface area contributed by atoms with Crippen LogP contribution in [0, 0.1) is 0 Å². The monoisotopic (exact) mass is 285 g/mol. The van der Waals surface area contributed by atoms with Crippen LogP contribution < -0.4 is 5.11 Å². The Balaban J connectivity index is 4.38. The molecule has 0 rings (SSSR count). The van der Waals surface area contributed by atoms with Crippen molar-refractivity contribution in [2.24, 2.45) is 0 Å². The maximum Gasteiger partial charge on any atom is 0.310 e. The first-order chi connectivity index (χ1) is 9.14. The molecule has 0 saturated heterocycles. The van der Waals surface area contributed by atoms with Gasteiger partial charge in [-0.15, -0.1) is 0 Å². The van der Waals surface area contributed by atoms with Gasteiger partial charge in [0.25, 0.3) is 0 Å². The fourth-order valence-corrected chi connectivity index (χ4v) is 1.89. The zero-order valence-electron chi connectivity index (χ0n) is 13.1. The van der Waals surface area contributed by atoms with Gasteiger partial charge in [0.2, 0.25) is 0 Å². The number of nitrogens with zero attached hydrogens (tertiary/aromatic N) is 1. The molecule has 0 aromatic rings. The molecule has 0 fully saturated rings. The van der Waals surface area contributed by atoms with Crippen molar-refractivity contribution in [2.45, 2.75) is 45.1 Å². The third-order valence-corrected chi connectivity index (χ3v) is 2.72. The van der Waals surface area contributed by atoms with Crippen LogP contribution in [-0.4, -0.2) is 50.2 Å². The molecule has 0 aliphatic carbocycles. The fraction of sp³-hybridized carbons (Fsp3) is 0.733. The van der Waals surface area contributed by atoms with Crippen LogP contribution in [0.2, 0.25) is 0 Å². The fourth-order valence-electron chi connectivity index (χ4n) is 1.89. The Bertz CT molecular complexity index is 344. The second-order valence-electron chi connectivity index (χ2n) is 6.19. The molecule has 0 aromatic carbocycles. The molecule has 0 aliphatic rings. The number of rotatable bonds is 10. The van der Waals surface area contributed by atoms with Crippen molar-refractivity contribution in [2.75, 3.05) is 27.7 Å². The van der Waals surface area contributed by atoms with Crippen LogP contribution in [-0.2, 0) is 14.3 Å². The summed E-state index contributed by atoms with van der Waals surface area (Å²) < 4.78 is 5.77. The molecule has 0 heterocycles. The van der Waals surface area contributed by atoms with E-state index in [9.17, 15) is 14.7 Å². The van der Waals surface area contributed by atoms with E-state index in [-0.39, 0.29) is 12.8 Å². The highest BCUT2D eigenvalue weighted by atomic mass is 16.5. The predicted octanol–water partition coefficient (Wildman–Crippen LogP) is 0.881. The van der Waals surface area contributed by atoms with Crippen molar-refractivity contribution in [1.29, 1.82) is 0 Å². The molecule has 0 bridgehead atoms. The quantitative estimate of drug-likeness (QED) is 0.339. The van der Waals surface area contributed by atoms with Gasteiger partial charge in [-0.1, -0.05) is 25.5 Å². The van der Waals surface area contributed by atoms with Crippen molar-refractivity contribution in [3.63, 3.8) is 0 Å². The molecule has 0 amide bonds. The molecule has 0 aromatic heterocycles. The minimum Gasteiger partial charge on any atom is -0.550 e. The summed E-state index contributed by atoms with van der Waals surface area (Å²) in [5.74, 6) is -1.62. The van der Waals surface area contributed by atoms with Gasteiger partial charge in [0.1, 0.15) is 6.54 Å². The van der Waals surface area contributed by atoms with Gasteiger partial charge in [-0.2, -0.15) is 0 Å². The van der Waals surface area contributed by atoms with Gasteiger partial charge < -0.3 is 19.1 Å². The number of hydrogen-bond acceptors (Lipinski definition) is 4. The minimum atomic E-state index is -1.21. The van der Waals surface area contributed by atoms with Gasteiger partial charge in [0.15, 0.2) is 6.10 Å². The number of unbranched alkanes of at least 4 members (excludes halogenated alkanes) is 1. The maximum absolute atomic E-state index is 11.8. The van der Waals surface area contributed by atoms with E-state index in [4.69, 9.17) is 4.74 Å². The number of carboxylic acids is 1. The molecule has 0 aliphatic heterocycles. The molecule has 1 unspecified atom stereocenters. The van der Waals surface area contributed by atoms with E-state index in [2.05, 4.69) is 13.5 Å². The average molecular weight is 285 g/mol. The maximum atomic E-state index is 11.8. The van der Waals surface area contributed by atoms with E-state index in [1.807, 2.05) is 21.1 Å². The normalized spacial score (nSPS) is 12.8. The molecule has 5 nitrogen and oxygen atoms in total. The summed E-state index contributed by atoms with van der Waals surface area (Å²) in [5.41, 5.74) is 0.828. The summed E-state index contributed by atoms with van der Waals surface area (Å²) >= 11 is 0. The van der Waals surface area contributed by atoms with E-state index in [0.29, 0.717) is 11.0 Å². The number of carboxylic acid groups (broad SMARTS) is 1. The Kier molecular flexibility index (Phi) is 8.15. The lowest BCUT2D eigenvalue weighted by Gasteiger charge is -2.29. The lowest BCUT2D eigenvalue weighted by molar-refractivity contribution is -0.873. The number of aliphatic carboxylic acids is 1. The number of likely N-dealkylation sites (N-methyl/N-ethyl adjacent to an activating group) is 1. The lowest BCUT2D eigenvalue weighted by atomic mass is 10.1. The molecule has 1 atom stereocenters. The summed E-state index contributed by atoms with van der Waals surface area (Å²) in [7, 11) is 5.74. The second-order valence-corrected chi connectivity index (χ2v) is 6.19. The van der Waals surface area contributed by atoms with Crippen LogP contribution in [0.4, 0.5) is 0 Å². The molecule has 5 heteroatoms. The molecule has 20 heavy (non-hydrogen) atoms. The zero-order valence-corrected chi connectivity index (χ0v) is 13.1. The number of esters is 1. The van der Waals surface area contributed by atoms with E-state index < -0.39 is 18.0 Å². The number of ether oxygens (including phenoxy) is 1. The third-order valence-electron chi connectivity index (χ3n) is 2.72. The first-order valence-electron chi connectivity index (χ1n) is 7.00. The van der Waals surface area contributed by atoms with Crippen molar-refractivity contribution < 1.29 is 23.9 Å². The van der Waals surface area contributed by atoms with E-state index >= 15 is 0 Å². The molecular weight excluding hydrogens is 258 g/mol. The van der Waals surface area contributed by atoms with Gasteiger partial charge in [-0.05, 0) is 12.8 Å². The molecule has 0 saturated carbocycles. The number of quaternary nitrogens is 1. The highest BCUT2D eigenvalue weighted by Crippen LogP contribution is 2.12. The van der Waals surface area contributed by atoms with Crippen molar-refractivity contribution in [3.8, 4) is 0 Å². The molecule has 0 radical (unpaired) electrons. The van der Waals surface area contributed by atoms with Gasteiger partial charge in [0, 0.05) is 12.4 Å².